The summed E-state index contributed by atoms with van der Waals surface area (Å²) in [7, 11) is 0. The predicted octanol–water partition coefficient (Wildman–Crippen LogP) is 4.51. The number of nitrogens with one attached hydrogen (secondary N) is 1. The summed E-state index contributed by atoms with van der Waals surface area (Å²) in [6, 6.07) is 9.50. The lowest BCUT2D eigenvalue weighted by atomic mass is 9.98. The zero-order valence-corrected chi connectivity index (χ0v) is 10.8. The summed E-state index contributed by atoms with van der Waals surface area (Å²) in [5.74, 6) is -0.615. The van der Waals surface area contributed by atoms with Crippen LogP contribution in [0.25, 0.3) is 0 Å². The van der Waals surface area contributed by atoms with Crippen molar-refractivity contribution in [3.8, 4) is 0 Å². The number of alkyl halides is 1. The Morgan fingerprint density at radius 1 is 1.16 bits per heavy atom. The number of hydrogen-bond donors (Lipinski definition) is 1. The van der Waals surface area contributed by atoms with Gasteiger partial charge in [-0.05, 0) is 24.1 Å². The molecule has 1 nitrogen and oxygen atoms in total. The molecule has 1 atom stereocenters. The Balaban J connectivity index is 2.05. The molecule has 0 spiro atoms. The molecule has 1 N–H and O–H groups in total. The molecule has 0 saturated heterocycles. The third-order valence-corrected chi connectivity index (χ3v) is 3.62. The van der Waals surface area contributed by atoms with E-state index in [9.17, 15) is 8.78 Å². The van der Waals surface area contributed by atoms with E-state index < -0.39 is 12.0 Å². The van der Waals surface area contributed by atoms with Crippen LogP contribution in [0, 0.1) is 5.82 Å². The molecule has 1 aliphatic heterocycles. The molecule has 3 rings (SSSR count). The largest absolute Gasteiger partial charge is 0.384 e. The van der Waals surface area contributed by atoms with Crippen molar-refractivity contribution >= 4 is 17.3 Å². The molecule has 1 unspecified atom stereocenters. The number of para-hydroxylation sites is 1. The molecule has 2 aromatic carbocycles. The zero-order chi connectivity index (χ0) is 13.4. The fourth-order valence-electron chi connectivity index (χ4n) is 2.45. The van der Waals surface area contributed by atoms with Crippen LogP contribution in [0.2, 0.25) is 5.02 Å². The van der Waals surface area contributed by atoms with Crippen molar-refractivity contribution in [2.75, 3.05) is 11.9 Å². The third-order valence-electron chi connectivity index (χ3n) is 3.39. The van der Waals surface area contributed by atoms with Gasteiger partial charge in [0.05, 0.1) is 0 Å². The van der Waals surface area contributed by atoms with E-state index in [1.165, 1.54) is 12.1 Å². The zero-order valence-electron chi connectivity index (χ0n) is 10.1. The van der Waals surface area contributed by atoms with Crippen molar-refractivity contribution in [1.82, 2.24) is 0 Å². The number of benzene rings is 2. The number of hydrogen-bond acceptors (Lipinski definition) is 1. The molecule has 2 aromatic rings. The van der Waals surface area contributed by atoms with Crippen molar-refractivity contribution in [3.05, 3.63) is 63.9 Å². The van der Waals surface area contributed by atoms with E-state index in [0.717, 1.165) is 30.3 Å². The average molecular weight is 280 g/mol. The van der Waals surface area contributed by atoms with Crippen molar-refractivity contribution < 1.29 is 8.78 Å². The van der Waals surface area contributed by atoms with Gasteiger partial charge in [0.25, 0.3) is 0 Å². The van der Waals surface area contributed by atoms with E-state index >= 15 is 0 Å². The Morgan fingerprint density at radius 2 is 2.00 bits per heavy atom. The highest BCUT2D eigenvalue weighted by molar-refractivity contribution is 6.30. The van der Waals surface area contributed by atoms with Gasteiger partial charge in [-0.15, -0.1) is 0 Å². The van der Waals surface area contributed by atoms with Crippen LogP contribution in [0.15, 0.2) is 36.4 Å². The first-order valence-corrected chi connectivity index (χ1v) is 6.49. The summed E-state index contributed by atoms with van der Waals surface area (Å²) >= 11 is 5.69. The molecule has 0 aromatic heterocycles. The van der Waals surface area contributed by atoms with Crippen molar-refractivity contribution in [1.29, 1.82) is 0 Å². The van der Waals surface area contributed by atoms with E-state index in [-0.39, 0.29) is 10.6 Å². The number of fused-ring (bicyclic) bond motifs is 1. The van der Waals surface area contributed by atoms with E-state index in [2.05, 4.69) is 5.32 Å². The van der Waals surface area contributed by atoms with Crippen LogP contribution in [0.3, 0.4) is 0 Å². The lowest BCUT2D eigenvalue weighted by Crippen LogP contribution is -2.02. The van der Waals surface area contributed by atoms with Crippen LogP contribution in [0.5, 0.6) is 0 Å². The Morgan fingerprint density at radius 3 is 2.79 bits per heavy atom. The Hall–Kier alpha value is -1.61. The van der Waals surface area contributed by atoms with Crippen LogP contribution in [-0.4, -0.2) is 6.54 Å². The summed E-state index contributed by atoms with van der Waals surface area (Å²) in [6.45, 7) is 0.794. The predicted molar refractivity (Wildman–Crippen MR) is 73.0 cm³/mol. The second kappa shape index (κ2) is 4.82. The highest BCUT2D eigenvalue weighted by Crippen LogP contribution is 2.37. The normalized spacial score (nSPS) is 14.9. The van der Waals surface area contributed by atoms with Gasteiger partial charge in [-0.25, -0.2) is 8.78 Å². The molecule has 0 fully saturated rings. The number of halogens is 3. The highest BCUT2D eigenvalue weighted by Gasteiger charge is 2.23. The monoisotopic (exact) mass is 279 g/mol. The highest BCUT2D eigenvalue weighted by atomic mass is 35.5. The lowest BCUT2D eigenvalue weighted by molar-refractivity contribution is 0.388. The molecule has 0 radical (unpaired) electrons. The van der Waals surface area contributed by atoms with Crippen molar-refractivity contribution in [2.45, 2.75) is 12.6 Å². The minimum absolute atomic E-state index is 0.0199. The van der Waals surface area contributed by atoms with Gasteiger partial charge in [0.2, 0.25) is 0 Å². The Labute approximate surface area is 115 Å². The molecule has 4 heteroatoms. The van der Waals surface area contributed by atoms with Gasteiger partial charge in [0.15, 0.2) is 6.17 Å². The first kappa shape index (κ1) is 12.4. The van der Waals surface area contributed by atoms with E-state index in [4.69, 9.17) is 11.6 Å². The molecule has 19 heavy (non-hydrogen) atoms. The van der Waals surface area contributed by atoms with E-state index in [1.54, 1.807) is 6.07 Å². The Bertz CT molecular complexity index is 628. The quantitative estimate of drug-likeness (QED) is 0.853. The smallest absolute Gasteiger partial charge is 0.155 e. The molecule has 0 bridgehead atoms. The molecule has 1 heterocycles. The second-order valence-corrected chi connectivity index (χ2v) is 5.02. The number of rotatable bonds is 2. The summed E-state index contributed by atoms with van der Waals surface area (Å²) in [6.07, 6.45) is -0.614. The molecule has 1 aliphatic rings. The van der Waals surface area contributed by atoms with Gasteiger partial charge < -0.3 is 5.32 Å². The van der Waals surface area contributed by atoms with E-state index in [1.807, 2.05) is 12.1 Å². The minimum atomic E-state index is -1.49. The van der Waals surface area contributed by atoms with Gasteiger partial charge in [-0.1, -0.05) is 35.9 Å². The fraction of sp³-hybridized carbons (Fsp3) is 0.200. The van der Waals surface area contributed by atoms with Crippen LogP contribution in [0.1, 0.15) is 22.9 Å². The molecule has 0 aliphatic carbocycles. The summed E-state index contributed by atoms with van der Waals surface area (Å²) in [4.78, 5) is 0. The van der Waals surface area contributed by atoms with Gasteiger partial charge in [0, 0.05) is 28.4 Å². The minimum Gasteiger partial charge on any atom is -0.384 e. The van der Waals surface area contributed by atoms with Crippen LogP contribution < -0.4 is 5.32 Å². The first-order valence-electron chi connectivity index (χ1n) is 6.11. The van der Waals surface area contributed by atoms with E-state index in [0.29, 0.717) is 5.56 Å². The standard InChI is InChI=1S/C15H12ClF2N/c16-10-4-5-11(13(17)8-10)14(18)12-3-1-2-9-6-7-19-15(9)12/h1-5,8,14,19H,6-7H2. The average Bonchev–Trinajstić information content (AvgIpc) is 2.86. The topological polar surface area (TPSA) is 12.0 Å². The SMILES string of the molecule is Fc1cc(Cl)ccc1C(F)c1cccc2c1NCC2. The molecular weight excluding hydrogens is 268 g/mol. The molecule has 98 valence electrons. The molecule has 0 amide bonds. The number of anilines is 1. The van der Waals surface area contributed by atoms with Crippen LogP contribution >= 0.6 is 11.6 Å². The molecule has 0 saturated carbocycles. The summed E-state index contributed by atoms with van der Waals surface area (Å²) < 4.78 is 28.4. The summed E-state index contributed by atoms with van der Waals surface area (Å²) in [5, 5.41) is 3.43. The van der Waals surface area contributed by atoms with Gasteiger partial charge in [0.1, 0.15) is 5.82 Å². The third kappa shape index (κ3) is 2.19. The second-order valence-electron chi connectivity index (χ2n) is 4.59. The van der Waals surface area contributed by atoms with Gasteiger partial charge >= 0.3 is 0 Å². The van der Waals surface area contributed by atoms with Crippen LogP contribution in [-0.2, 0) is 6.42 Å². The maximum Gasteiger partial charge on any atom is 0.155 e. The Kier molecular flexibility index (Phi) is 3.15. The fourth-order valence-corrected chi connectivity index (χ4v) is 2.61. The maximum atomic E-state index is 14.6. The van der Waals surface area contributed by atoms with Crippen molar-refractivity contribution in [3.63, 3.8) is 0 Å². The van der Waals surface area contributed by atoms with Crippen LogP contribution in [0.4, 0.5) is 14.5 Å². The summed E-state index contributed by atoms with van der Waals surface area (Å²) in [5.41, 5.74) is 2.38. The van der Waals surface area contributed by atoms with Gasteiger partial charge in [-0.2, -0.15) is 0 Å². The molecular formula is C15H12ClF2N. The lowest BCUT2D eigenvalue weighted by Gasteiger charge is -2.14. The van der Waals surface area contributed by atoms with Crippen molar-refractivity contribution in [2.24, 2.45) is 0 Å². The maximum absolute atomic E-state index is 14.6. The van der Waals surface area contributed by atoms with Gasteiger partial charge in [-0.3, -0.25) is 0 Å². The first-order chi connectivity index (χ1) is 9.16.